The van der Waals surface area contributed by atoms with Crippen LogP contribution in [-0.2, 0) is 9.59 Å². The molecule has 122 valence electrons. The molecule has 2 fully saturated rings. The summed E-state index contributed by atoms with van der Waals surface area (Å²) >= 11 is 0. The summed E-state index contributed by atoms with van der Waals surface area (Å²) in [5.74, 6) is 4.27. The van der Waals surface area contributed by atoms with Crippen LogP contribution in [0.3, 0.4) is 0 Å². The van der Waals surface area contributed by atoms with Crippen LogP contribution in [0.15, 0.2) is 47.6 Å². The molecule has 0 N–H and O–H groups in total. The zero-order valence-corrected chi connectivity index (χ0v) is 14.1. The third kappa shape index (κ3) is 1.33. The summed E-state index contributed by atoms with van der Waals surface area (Å²) in [5.41, 5.74) is 3.30. The number of allylic oxidation sites excluding steroid dienone is 8. The Bertz CT molecular complexity index is 790. The Morgan fingerprint density at radius 3 is 1.58 bits per heavy atom. The van der Waals surface area contributed by atoms with Crippen molar-refractivity contribution in [3.63, 3.8) is 0 Å². The molecule has 24 heavy (non-hydrogen) atoms. The van der Waals surface area contributed by atoms with Crippen molar-refractivity contribution in [3.8, 4) is 0 Å². The van der Waals surface area contributed by atoms with Gasteiger partial charge in [0, 0.05) is 17.8 Å². The number of Topliss-reactive ketones (excluding diaryl/α,β-unsaturated/α-hetero) is 2. The van der Waals surface area contributed by atoms with Crippen LogP contribution in [0.4, 0.5) is 0 Å². The number of hydrogen-bond donors (Lipinski definition) is 0. The van der Waals surface area contributed by atoms with Crippen LogP contribution in [0.5, 0.6) is 0 Å². The minimum Gasteiger partial charge on any atom is -0.300 e. The lowest BCUT2D eigenvalue weighted by molar-refractivity contribution is -0.140. The first-order chi connectivity index (χ1) is 11.6. The first-order valence-electron chi connectivity index (χ1n) is 9.39. The third-order valence-corrected chi connectivity index (χ3v) is 7.91. The van der Waals surface area contributed by atoms with Crippen LogP contribution in [-0.4, -0.2) is 11.6 Å². The Kier molecular flexibility index (Phi) is 2.32. The largest absolute Gasteiger partial charge is 0.300 e. The highest BCUT2D eigenvalue weighted by molar-refractivity contribution is 5.89. The van der Waals surface area contributed by atoms with Crippen molar-refractivity contribution < 1.29 is 9.59 Å². The maximum Gasteiger partial charge on any atom is 0.134 e. The van der Waals surface area contributed by atoms with E-state index in [2.05, 4.69) is 36.5 Å². The van der Waals surface area contributed by atoms with Crippen LogP contribution in [0.2, 0.25) is 0 Å². The Morgan fingerprint density at radius 2 is 1.08 bits per heavy atom. The molecule has 8 aliphatic rings. The molecular weight excluding hydrogens is 296 g/mol. The van der Waals surface area contributed by atoms with Crippen molar-refractivity contribution in [3.05, 3.63) is 47.6 Å². The first kappa shape index (κ1) is 13.6. The molecule has 0 aromatic carbocycles. The standard InChI is InChI=1S/C22H22O2/c1-9(23)16-14-7-8-15(17(16)10(2)24)21-20(14)18-11-3-5-12-13(6-4-11)19(12)22(18)21/h3-8,11-17,19-21H,1-2H3. The van der Waals surface area contributed by atoms with E-state index in [1.807, 2.05) is 0 Å². The van der Waals surface area contributed by atoms with Gasteiger partial charge in [-0.25, -0.2) is 0 Å². The van der Waals surface area contributed by atoms with Gasteiger partial charge in [0.25, 0.3) is 0 Å². The average molecular weight is 318 g/mol. The second kappa shape index (κ2) is 4.09. The summed E-state index contributed by atoms with van der Waals surface area (Å²) < 4.78 is 0. The summed E-state index contributed by atoms with van der Waals surface area (Å²) in [4.78, 5) is 24.8. The highest BCUT2D eigenvalue weighted by atomic mass is 16.1. The van der Waals surface area contributed by atoms with E-state index in [1.165, 1.54) is 0 Å². The zero-order chi connectivity index (χ0) is 16.3. The number of carbonyl (C=O) groups is 2. The predicted octanol–water partition coefficient (Wildman–Crippen LogP) is 3.37. The van der Waals surface area contributed by atoms with Gasteiger partial charge in [0.2, 0.25) is 0 Å². The van der Waals surface area contributed by atoms with E-state index in [9.17, 15) is 9.59 Å². The summed E-state index contributed by atoms with van der Waals surface area (Å²) in [6.07, 6.45) is 14.2. The molecule has 2 nitrogen and oxygen atoms in total. The minimum absolute atomic E-state index is 0.0909. The molecule has 8 unspecified atom stereocenters. The van der Waals surface area contributed by atoms with Gasteiger partial charge in [0.05, 0.1) is 0 Å². The molecule has 0 aromatic heterocycles. The molecule has 8 aliphatic carbocycles. The van der Waals surface area contributed by atoms with Crippen LogP contribution < -0.4 is 0 Å². The molecule has 0 saturated heterocycles. The third-order valence-electron chi connectivity index (χ3n) is 7.91. The van der Waals surface area contributed by atoms with Crippen molar-refractivity contribution in [1.29, 1.82) is 0 Å². The number of ketones is 2. The average Bonchev–Trinajstić information content (AvgIpc) is 3.26. The lowest BCUT2D eigenvalue weighted by Crippen LogP contribution is -2.58. The maximum absolute atomic E-state index is 12.4. The molecule has 0 radical (unpaired) electrons. The van der Waals surface area contributed by atoms with Crippen molar-refractivity contribution in [2.75, 3.05) is 0 Å². The van der Waals surface area contributed by atoms with E-state index < -0.39 is 0 Å². The van der Waals surface area contributed by atoms with Gasteiger partial charge < -0.3 is 0 Å². The summed E-state index contributed by atoms with van der Waals surface area (Å²) in [6.45, 7) is 3.38. The molecule has 2 heteroatoms. The Morgan fingerprint density at radius 1 is 0.625 bits per heavy atom. The minimum atomic E-state index is -0.101. The molecule has 0 spiro atoms. The summed E-state index contributed by atoms with van der Waals surface area (Å²) in [6, 6.07) is 0. The highest BCUT2D eigenvalue weighted by Gasteiger charge is 2.67. The second-order valence-electron chi connectivity index (χ2n) is 8.75. The van der Waals surface area contributed by atoms with Gasteiger partial charge in [-0.15, -0.1) is 0 Å². The molecule has 6 bridgehead atoms. The van der Waals surface area contributed by atoms with Gasteiger partial charge in [0.1, 0.15) is 11.6 Å². The zero-order valence-electron chi connectivity index (χ0n) is 14.1. The smallest absolute Gasteiger partial charge is 0.134 e. The van der Waals surface area contributed by atoms with Gasteiger partial charge in [-0.1, -0.05) is 47.6 Å². The molecular formula is C22H22O2. The van der Waals surface area contributed by atoms with Gasteiger partial charge in [0.15, 0.2) is 0 Å². The second-order valence-corrected chi connectivity index (χ2v) is 8.75. The van der Waals surface area contributed by atoms with Crippen LogP contribution in [0, 0.1) is 59.2 Å². The summed E-state index contributed by atoms with van der Waals surface area (Å²) in [7, 11) is 0. The lowest BCUT2D eigenvalue weighted by Gasteiger charge is -2.60. The molecule has 8 rings (SSSR count). The number of fused-ring (bicyclic) bond motifs is 1. The predicted molar refractivity (Wildman–Crippen MR) is 90.7 cm³/mol. The van der Waals surface area contributed by atoms with Crippen LogP contribution in [0.25, 0.3) is 0 Å². The van der Waals surface area contributed by atoms with E-state index in [0.717, 1.165) is 0 Å². The molecule has 0 amide bonds. The van der Waals surface area contributed by atoms with Gasteiger partial charge in [-0.2, -0.15) is 0 Å². The molecule has 2 saturated carbocycles. The van der Waals surface area contributed by atoms with E-state index in [-0.39, 0.29) is 35.2 Å². The van der Waals surface area contributed by atoms with Gasteiger partial charge >= 0.3 is 0 Å². The van der Waals surface area contributed by atoms with Crippen molar-refractivity contribution in [2.45, 2.75) is 13.8 Å². The lowest BCUT2D eigenvalue weighted by atomic mass is 9.42. The SMILES string of the molecule is CC(=O)C1C2C=CC(C1C(C)=O)C1C3=C(C4C=CC5C(C=C4)C35)C21. The molecule has 0 aromatic rings. The number of carbonyl (C=O) groups excluding carboxylic acids is 2. The van der Waals surface area contributed by atoms with Crippen LogP contribution >= 0.6 is 0 Å². The van der Waals surface area contributed by atoms with Crippen LogP contribution in [0.1, 0.15) is 13.8 Å². The fraction of sp³-hybridized carbons (Fsp3) is 0.545. The highest BCUT2D eigenvalue weighted by Crippen LogP contribution is 2.72. The Hall–Kier alpha value is -1.70. The van der Waals surface area contributed by atoms with E-state index in [1.54, 1.807) is 25.0 Å². The van der Waals surface area contributed by atoms with E-state index in [0.29, 0.717) is 35.5 Å². The Balaban J connectivity index is 1.51. The van der Waals surface area contributed by atoms with Crippen molar-refractivity contribution >= 4 is 11.6 Å². The fourth-order valence-electron chi connectivity index (χ4n) is 7.14. The quantitative estimate of drug-likeness (QED) is 0.732. The Labute approximate surface area is 142 Å². The summed E-state index contributed by atoms with van der Waals surface area (Å²) in [5, 5.41) is 0. The van der Waals surface area contributed by atoms with E-state index in [4.69, 9.17) is 0 Å². The maximum atomic E-state index is 12.4. The monoisotopic (exact) mass is 318 g/mol. The normalized spacial score (nSPS) is 53.9. The van der Waals surface area contributed by atoms with Gasteiger partial charge in [-0.3, -0.25) is 9.59 Å². The van der Waals surface area contributed by atoms with Crippen molar-refractivity contribution in [2.24, 2.45) is 59.2 Å². The van der Waals surface area contributed by atoms with Crippen molar-refractivity contribution in [1.82, 2.24) is 0 Å². The topological polar surface area (TPSA) is 34.1 Å². The number of rotatable bonds is 2. The molecule has 0 heterocycles. The molecule has 8 atom stereocenters. The fourth-order valence-corrected chi connectivity index (χ4v) is 7.14. The first-order valence-corrected chi connectivity index (χ1v) is 9.39. The molecule has 0 aliphatic heterocycles. The van der Waals surface area contributed by atoms with Gasteiger partial charge in [-0.05, 0) is 55.3 Å². The number of hydrogen-bond acceptors (Lipinski definition) is 2. The van der Waals surface area contributed by atoms with E-state index >= 15 is 0 Å².